The first kappa shape index (κ1) is 24.0. The lowest BCUT2D eigenvalue weighted by Gasteiger charge is -2.16. The molecule has 0 aliphatic carbocycles. The van der Waals surface area contributed by atoms with Crippen molar-refractivity contribution in [3.05, 3.63) is 65.7 Å². The summed E-state index contributed by atoms with van der Waals surface area (Å²) in [7, 11) is 0. The van der Waals surface area contributed by atoms with Gasteiger partial charge in [0.15, 0.2) is 5.96 Å². The molecule has 0 fully saturated rings. The first-order valence-electron chi connectivity index (χ1n) is 8.47. The number of hydrogen-bond acceptors (Lipinski definition) is 3. The quantitative estimate of drug-likeness (QED) is 0.300. The van der Waals surface area contributed by atoms with Gasteiger partial charge in [-0.25, -0.2) is 4.99 Å². The van der Waals surface area contributed by atoms with Crippen LogP contribution in [-0.4, -0.2) is 30.5 Å². The summed E-state index contributed by atoms with van der Waals surface area (Å²) in [6, 6.07) is 14.8. The van der Waals surface area contributed by atoms with Crippen molar-refractivity contribution >= 4 is 29.9 Å². The number of aliphatic hydroxyl groups excluding tert-OH is 1. The zero-order chi connectivity index (χ0) is 19.7. The van der Waals surface area contributed by atoms with Gasteiger partial charge in [0, 0.05) is 13.1 Å². The first-order chi connectivity index (χ1) is 12.9. The summed E-state index contributed by atoms with van der Waals surface area (Å²) < 4.78 is 40.3. The number of hydrogen-bond donors (Lipinski definition) is 3. The van der Waals surface area contributed by atoms with Gasteiger partial charge in [0.25, 0.3) is 0 Å². The van der Waals surface area contributed by atoms with Crippen molar-refractivity contribution in [2.24, 2.45) is 4.99 Å². The normalized spacial score (nSPS) is 12.7. The standard InChI is InChI=1S/C19H22F3N3O2.HI/c1-2-23-18(24-12-14-6-4-3-5-7-14)25-13-17(26)15-8-10-16(11-9-15)27-19(20,21)22;/h3-11,17,26H,2,12-13H2,1H3,(H2,23,24,25);1H. The number of halogens is 4. The molecular formula is C19H23F3IN3O2. The van der Waals surface area contributed by atoms with Crippen molar-refractivity contribution in [3.63, 3.8) is 0 Å². The summed E-state index contributed by atoms with van der Waals surface area (Å²) in [5, 5.41) is 16.3. The molecule has 1 unspecified atom stereocenters. The molecule has 3 N–H and O–H groups in total. The van der Waals surface area contributed by atoms with Gasteiger partial charge < -0.3 is 20.5 Å². The van der Waals surface area contributed by atoms with E-state index in [9.17, 15) is 18.3 Å². The predicted molar refractivity (Wildman–Crippen MR) is 113 cm³/mol. The first-order valence-corrected chi connectivity index (χ1v) is 8.47. The van der Waals surface area contributed by atoms with E-state index in [0.717, 1.165) is 5.56 Å². The summed E-state index contributed by atoms with van der Waals surface area (Å²) in [4.78, 5) is 4.44. The van der Waals surface area contributed by atoms with Crippen molar-refractivity contribution in [2.45, 2.75) is 25.9 Å². The van der Waals surface area contributed by atoms with Gasteiger partial charge in [-0.2, -0.15) is 0 Å². The molecule has 0 amide bonds. The lowest BCUT2D eigenvalue weighted by atomic mass is 10.1. The number of guanidine groups is 1. The van der Waals surface area contributed by atoms with Gasteiger partial charge in [0.1, 0.15) is 5.75 Å². The monoisotopic (exact) mass is 509 g/mol. The van der Waals surface area contributed by atoms with Crippen LogP contribution in [-0.2, 0) is 6.54 Å². The largest absolute Gasteiger partial charge is 0.573 e. The summed E-state index contributed by atoms with van der Waals surface area (Å²) in [5.74, 6) is 0.210. The van der Waals surface area contributed by atoms with E-state index >= 15 is 0 Å². The van der Waals surface area contributed by atoms with E-state index in [1.807, 2.05) is 37.3 Å². The molecule has 0 saturated carbocycles. The number of alkyl halides is 3. The van der Waals surface area contributed by atoms with Crippen LogP contribution in [0.5, 0.6) is 5.75 Å². The van der Waals surface area contributed by atoms with Crippen molar-refractivity contribution in [2.75, 3.05) is 13.1 Å². The highest BCUT2D eigenvalue weighted by molar-refractivity contribution is 14.0. The molecule has 9 heteroatoms. The van der Waals surface area contributed by atoms with Gasteiger partial charge in [-0.05, 0) is 30.2 Å². The summed E-state index contributed by atoms with van der Waals surface area (Å²) in [6.45, 7) is 3.21. The topological polar surface area (TPSA) is 65.9 Å². The second-order valence-corrected chi connectivity index (χ2v) is 5.69. The van der Waals surface area contributed by atoms with Crippen molar-refractivity contribution < 1.29 is 23.0 Å². The van der Waals surface area contributed by atoms with Crippen LogP contribution in [0.15, 0.2) is 59.6 Å². The van der Waals surface area contributed by atoms with Gasteiger partial charge in [-0.15, -0.1) is 37.1 Å². The molecule has 0 bridgehead atoms. The maximum atomic E-state index is 12.2. The average Bonchev–Trinajstić information content (AvgIpc) is 2.64. The Morgan fingerprint density at radius 1 is 1.07 bits per heavy atom. The van der Waals surface area contributed by atoms with Crippen LogP contribution in [0.1, 0.15) is 24.2 Å². The maximum absolute atomic E-state index is 12.2. The zero-order valence-corrected chi connectivity index (χ0v) is 17.6. The second kappa shape index (κ2) is 11.7. The van der Waals surface area contributed by atoms with Crippen LogP contribution in [0.25, 0.3) is 0 Å². The van der Waals surface area contributed by atoms with Gasteiger partial charge >= 0.3 is 6.36 Å². The Hall–Kier alpha value is -2.01. The van der Waals surface area contributed by atoms with E-state index in [2.05, 4.69) is 20.4 Å². The fraction of sp³-hybridized carbons (Fsp3) is 0.316. The minimum atomic E-state index is -4.74. The highest BCUT2D eigenvalue weighted by Crippen LogP contribution is 2.24. The minimum absolute atomic E-state index is 0. The molecule has 2 rings (SSSR count). The fourth-order valence-corrected chi connectivity index (χ4v) is 2.30. The third-order valence-electron chi connectivity index (χ3n) is 3.57. The zero-order valence-electron chi connectivity index (χ0n) is 15.2. The Labute approximate surface area is 179 Å². The third kappa shape index (κ3) is 8.79. The van der Waals surface area contributed by atoms with Crippen LogP contribution in [0.3, 0.4) is 0 Å². The summed E-state index contributed by atoms with van der Waals surface area (Å²) >= 11 is 0. The van der Waals surface area contributed by atoms with Crippen LogP contribution < -0.4 is 15.4 Å². The van der Waals surface area contributed by atoms with Crippen LogP contribution >= 0.6 is 24.0 Å². The molecule has 0 heterocycles. The molecule has 0 aliphatic rings. The predicted octanol–water partition coefficient (Wildman–Crippen LogP) is 3.99. The van der Waals surface area contributed by atoms with Gasteiger partial charge in [-0.3, -0.25) is 0 Å². The van der Waals surface area contributed by atoms with Crippen LogP contribution in [0.4, 0.5) is 13.2 Å². The van der Waals surface area contributed by atoms with Crippen LogP contribution in [0.2, 0.25) is 0 Å². The number of aliphatic hydroxyl groups is 1. The number of aliphatic imine (C=N–C) groups is 1. The number of benzene rings is 2. The van der Waals surface area contributed by atoms with Gasteiger partial charge in [0.2, 0.25) is 0 Å². The van der Waals surface area contributed by atoms with Crippen molar-refractivity contribution in [1.29, 1.82) is 0 Å². The number of nitrogens with one attached hydrogen (secondary N) is 2. The molecular weight excluding hydrogens is 486 g/mol. The van der Waals surface area contributed by atoms with E-state index < -0.39 is 12.5 Å². The highest BCUT2D eigenvalue weighted by Gasteiger charge is 2.31. The van der Waals surface area contributed by atoms with Crippen molar-refractivity contribution in [1.82, 2.24) is 10.6 Å². The fourth-order valence-electron chi connectivity index (χ4n) is 2.30. The smallest absolute Gasteiger partial charge is 0.406 e. The van der Waals surface area contributed by atoms with E-state index in [1.165, 1.54) is 24.3 Å². The van der Waals surface area contributed by atoms with E-state index in [0.29, 0.717) is 24.6 Å². The SMILES string of the molecule is CCNC(=NCc1ccccc1)NCC(O)c1ccc(OC(F)(F)F)cc1.I. The highest BCUT2D eigenvalue weighted by atomic mass is 127. The molecule has 2 aromatic carbocycles. The lowest BCUT2D eigenvalue weighted by molar-refractivity contribution is -0.274. The lowest BCUT2D eigenvalue weighted by Crippen LogP contribution is -2.39. The molecule has 0 spiro atoms. The van der Waals surface area contributed by atoms with Crippen LogP contribution in [0, 0.1) is 0 Å². The average molecular weight is 509 g/mol. The molecule has 0 saturated heterocycles. The Morgan fingerprint density at radius 3 is 2.29 bits per heavy atom. The molecule has 2 aromatic rings. The Balaban J connectivity index is 0.00000392. The molecule has 154 valence electrons. The number of rotatable bonds is 7. The maximum Gasteiger partial charge on any atom is 0.573 e. The summed E-state index contributed by atoms with van der Waals surface area (Å²) in [5.41, 5.74) is 1.52. The molecule has 0 aliphatic heterocycles. The van der Waals surface area contributed by atoms with E-state index in [4.69, 9.17) is 0 Å². The van der Waals surface area contributed by atoms with Gasteiger partial charge in [-0.1, -0.05) is 42.5 Å². The number of nitrogens with zero attached hydrogens (tertiary/aromatic N) is 1. The molecule has 1 atom stereocenters. The molecule has 0 aromatic heterocycles. The minimum Gasteiger partial charge on any atom is -0.406 e. The van der Waals surface area contributed by atoms with E-state index in [-0.39, 0.29) is 36.3 Å². The second-order valence-electron chi connectivity index (χ2n) is 5.69. The Bertz CT molecular complexity index is 725. The molecule has 0 radical (unpaired) electrons. The molecule has 28 heavy (non-hydrogen) atoms. The third-order valence-corrected chi connectivity index (χ3v) is 3.57. The Kier molecular flexibility index (Phi) is 10.1. The van der Waals surface area contributed by atoms with Gasteiger partial charge in [0.05, 0.1) is 12.6 Å². The van der Waals surface area contributed by atoms with Crippen molar-refractivity contribution in [3.8, 4) is 5.75 Å². The molecule has 5 nitrogen and oxygen atoms in total. The summed E-state index contributed by atoms with van der Waals surface area (Å²) in [6.07, 6.45) is -5.65. The van der Waals surface area contributed by atoms with E-state index in [1.54, 1.807) is 0 Å². The Morgan fingerprint density at radius 2 is 1.71 bits per heavy atom. The number of ether oxygens (including phenoxy) is 1.